The van der Waals surface area contributed by atoms with Gasteiger partial charge in [-0.05, 0) is 97.1 Å². The minimum Gasteiger partial charge on any atom is -0.480 e. The number of nitrogens with one attached hydrogen (secondary N) is 1. The summed E-state index contributed by atoms with van der Waals surface area (Å²) < 4.78 is 10.7. The third-order valence-corrected chi connectivity index (χ3v) is 6.21. The molecular formula is C30H51N3O6. The highest BCUT2D eigenvalue weighted by atomic mass is 16.6. The predicted octanol–water partition coefficient (Wildman–Crippen LogP) is 5.21. The second-order valence-electron chi connectivity index (χ2n) is 11.1. The summed E-state index contributed by atoms with van der Waals surface area (Å²) in [7, 11) is 0. The van der Waals surface area contributed by atoms with Gasteiger partial charge in [-0.1, -0.05) is 45.0 Å². The van der Waals surface area contributed by atoms with E-state index in [0.29, 0.717) is 26.1 Å². The highest BCUT2D eigenvalue weighted by Gasteiger charge is 2.35. The lowest BCUT2D eigenvalue weighted by Crippen LogP contribution is -2.48. The molecule has 39 heavy (non-hydrogen) atoms. The number of amides is 1. The molecule has 0 bridgehead atoms. The van der Waals surface area contributed by atoms with E-state index >= 15 is 0 Å². The first-order valence-electron chi connectivity index (χ1n) is 14.3. The molecule has 9 nitrogen and oxygen atoms in total. The van der Waals surface area contributed by atoms with Gasteiger partial charge >= 0.3 is 18.0 Å². The number of carboxylic acid groups (broad SMARTS) is 1. The molecule has 0 heterocycles. The average molecular weight is 550 g/mol. The Morgan fingerprint density at radius 2 is 1.49 bits per heavy atom. The quantitative estimate of drug-likeness (QED) is 0.146. The van der Waals surface area contributed by atoms with Crippen molar-refractivity contribution in [1.82, 2.24) is 15.1 Å². The van der Waals surface area contributed by atoms with E-state index in [1.165, 1.54) is 0 Å². The zero-order valence-electron chi connectivity index (χ0n) is 25.1. The fraction of sp³-hybridized carbons (Fsp3) is 0.700. The van der Waals surface area contributed by atoms with Crippen molar-refractivity contribution in [1.29, 1.82) is 0 Å². The van der Waals surface area contributed by atoms with Gasteiger partial charge in [0.25, 0.3) is 0 Å². The van der Waals surface area contributed by atoms with Crippen LogP contribution in [0.2, 0.25) is 0 Å². The summed E-state index contributed by atoms with van der Waals surface area (Å²) in [5.41, 5.74) is 1.18. The van der Waals surface area contributed by atoms with Gasteiger partial charge in [-0.3, -0.25) is 4.90 Å². The molecule has 0 spiro atoms. The monoisotopic (exact) mass is 549 g/mol. The number of benzene rings is 1. The van der Waals surface area contributed by atoms with Gasteiger partial charge in [-0.15, -0.1) is 0 Å². The van der Waals surface area contributed by atoms with Crippen molar-refractivity contribution in [3.05, 3.63) is 35.4 Å². The number of esters is 1. The lowest BCUT2D eigenvalue weighted by molar-refractivity contribution is -0.164. The molecule has 1 aromatic carbocycles. The molecule has 2 unspecified atom stereocenters. The number of nitrogens with zero attached hydrogens (tertiary/aromatic N) is 2. The van der Waals surface area contributed by atoms with Gasteiger partial charge in [-0.25, -0.2) is 14.4 Å². The molecule has 2 atom stereocenters. The SMILES string of the molecule is CCCN(CCC)CCCCN(Cc1ccc(CNC(=O)OC(C)(C)C)cc1)C(C(=O)O)C(=O)OC(C)CC. The van der Waals surface area contributed by atoms with Crippen LogP contribution in [-0.4, -0.2) is 76.9 Å². The Labute approximate surface area is 235 Å². The molecule has 0 saturated carbocycles. The van der Waals surface area contributed by atoms with Crippen LogP contribution in [0.15, 0.2) is 24.3 Å². The number of hydrogen-bond donors (Lipinski definition) is 2. The Morgan fingerprint density at radius 1 is 0.923 bits per heavy atom. The minimum absolute atomic E-state index is 0.292. The Kier molecular flexibility index (Phi) is 15.7. The Hall–Kier alpha value is -2.65. The smallest absolute Gasteiger partial charge is 0.407 e. The van der Waals surface area contributed by atoms with E-state index in [0.717, 1.165) is 56.4 Å². The molecule has 1 rings (SSSR count). The largest absolute Gasteiger partial charge is 0.480 e. The third kappa shape index (κ3) is 14.3. The molecule has 1 aromatic rings. The maximum atomic E-state index is 12.9. The zero-order chi connectivity index (χ0) is 29.4. The van der Waals surface area contributed by atoms with E-state index in [9.17, 15) is 19.5 Å². The Morgan fingerprint density at radius 3 is 2.00 bits per heavy atom. The van der Waals surface area contributed by atoms with E-state index < -0.39 is 29.7 Å². The van der Waals surface area contributed by atoms with Crippen LogP contribution in [0.4, 0.5) is 4.79 Å². The number of alkyl carbamates (subject to hydrolysis) is 1. The number of rotatable bonds is 18. The van der Waals surface area contributed by atoms with Crippen molar-refractivity contribution in [2.75, 3.05) is 26.2 Å². The molecule has 0 aromatic heterocycles. The summed E-state index contributed by atoms with van der Waals surface area (Å²) in [6.45, 7) is 17.5. The summed E-state index contributed by atoms with van der Waals surface area (Å²) >= 11 is 0. The number of aliphatic carboxylic acids is 1. The molecule has 0 aliphatic carbocycles. The van der Waals surface area contributed by atoms with Crippen molar-refractivity contribution < 1.29 is 29.0 Å². The topological polar surface area (TPSA) is 108 Å². The summed E-state index contributed by atoms with van der Waals surface area (Å²) in [6.07, 6.45) is 3.64. The minimum atomic E-state index is -1.38. The molecule has 0 saturated heterocycles. The third-order valence-electron chi connectivity index (χ3n) is 6.21. The number of hydrogen-bond acceptors (Lipinski definition) is 7. The van der Waals surface area contributed by atoms with Crippen LogP contribution in [0.1, 0.15) is 91.7 Å². The molecular weight excluding hydrogens is 498 g/mol. The standard InChI is InChI=1S/C30H51N3O6/c1-8-17-32(18-9-2)19-11-12-20-33(26(27(34)35)28(36)38-23(4)10-3)22-25-15-13-24(14-16-25)21-31-29(37)39-30(5,6)7/h13-16,23,26H,8-12,17-22H2,1-7H3,(H,31,37)(H,34,35). The maximum absolute atomic E-state index is 12.9. The summed E-state index contributed by atoms with van der Waals surface area (Å²) in [5, 5.41) is 12.7. The van der Waals surface area contributed by atoms with E-state index in [4.69, 9.17) is 9.47 Å². The van der Waals surface area contributed by atoms with Crippen molar-refractivity contribution in [2.24, 2.45) is 0 Å². The van der Waals surface area contributed by atoms with Crippen molar-refractivity contribution >= 4 is 18.0 Å². The second-order valence-corrected chi connectivity index (χ2v) is 11.1. The summed E-state index contributed by atoms with van der Waals surface area (Å²) in [4.78, 5) is 41.2. The van der Waals surface area contributed by atoms with Gasteiger partial charge in [0.05, 0.1) is 6.10 Å². The van der Waals surface area contributed by atoms with Crippen LogP contribution in [-0.2, 0) is 32.2 Å². The highest BCUT2D eigenvalue weighted by Crippen LogP contribution is 2.15. The van der Waals surface area contributed by atoms with E-state index in [1.54, 1.807) is 11.8 Å². The fourth-order valence-corrected chi connectivity index (χ4v) is 4.16. The average Bonchev–Trinajstić information content (AvgIpc) is 2.85. The van der Waals surface area contributed by atoms with Crippen LogP contribution < -0.4 is 5.32 Å². The van der Waals surface area contributed by atoms with Gasteiger partial charge in [0.15, 0.2) is 0 Å². The van der Waals surface area contributed by atoms with E-state index in [-0.39, 0.29) is 6.10 Å². The van der Waals surface area contributed by atoms with Crippen molar-refractivity contribution in [3.63, 3.8) is 0 Å². The summed E-state index contributed by atoms with van der Waals surface area (Å²) in [5.74, 6) is -1.94. The second kappa shape index (κ2) is 17.8. The molecule has 1 amide bonds. The van der Waals surface area contributed by atoms with Crippen LogP contribution in [0.5, 0.6) is 0 Å². The Bertz CT molecular complexity index is 862. The lowest BCUT2D eigenvalue weighted by atomic mass is 10.1. The molecule has 0 radical (unpaired) electrons. The number of carbonyl (C=O) groups is 3. The normalized spacial score (nSPS) is 13.3. The van der Waals surface area contributed by atoms with Gasteiger partial charge < -0.3 is 24.8 Å². The highest BCUT2D eigenvalue weighted by molar-refractivity contribution is 5.98. The fourth-order valence-electron chi connectivity index (χ4n) is 4.16. The van der Waals surface area contributed by atoms with Gasteiger partial charge in [0.2, 0.25) is 6.04 Å². The number of ether oxygens (including phenoxy) is 2. The molecule has 9 heteroatoms. The first-order chi connectivity index (χ1) is 18.4. The van der Waals surface area contributed by atoms with Crippen LogP contribution in [0.25, 0.3) is 0 Å². The molecule has 2 N–H and O–H groups in total. The first-order valence-corrected chi connectivity index (χ1v) is 14.3. The number of carbonyl (C=O) groups excluding carboxylic acids is 2. The van der Waals surface area contributed by atoms with Crippen LogP contribution >= 0.6 is 0 Å². The Balaban J connectivity index is 2.94. The molecule has 0 aliphatic rings. The van der Waals surface area contributed by atoms with E-state index in [1.807, 2.05) is 52.0 Å². The van der Waals surface area contributed by atoms with Crippen LogP contribution in [0.3, 0.4) is 0 Å². The maximum Gasteiger partial charge on any atom is 0.407 e. The van der Waals surface area contributed by atoms with Gasteiger partial charge in [0, 0.05) is 13.1 Å². The zero-order valence-corrected chi connectivity index (χ0v) is 25.1. The van der Waals surface area contributed by atoms with Gasteiger partial charge in [0.1, 0.15) is 5.60 Å². The van der Waals surface area contributed by atoms with Gasteiger partial charge in [-0.2, -0.15) is 0 Å². The summed E-state index contributed by atoms with van der Waals surface area (Å²) in [6, 6.07) is 6.16. The van der Waals surface area contributed by atoms with E-state index in [2.05, 4.69) is 24.1 Å². The number of unbranched alkanes of at least 4 members (excludes halogenated alkanes) is 1. The number of carboxylic acids is 1. The van der Waals surface area contributed by atoms with Crippen molar-refractivity contribution in [3.8, 4) is 0 Å². The molecule has 0 aliphatic heterocycles. The van der Waals surface area contributed by atoms with Crippen LogP contribution in [0, 0.1) is 0 Å². The molecule has 222 valence electrons. The van der Waals surface area contributed by atoms with Crippen molar-refractivity contribution in [2.45, 2.75) is 111 Å². The predicted molar refractivity (Wildman–Crippen MR) is 153 cm³/mol. The molecule has 0 fully saturated rings. The lowest BCUT2D eigenvalue weighted by Gasteiger charge is -2.29. The first kappa shape index (κ1) is 34.4.